The Morgan fingerprint density at radius 3 is 2.54 bits per heavy atom. The first-order valence-electron chi connectivity index (χ1n) is 9.91. The second-order valence-corrected chi connectivity index (χ2v) is 8.98. The first kappa shape index (κ1) is 20.8. The molecule has 1 aromatic heterocycles. The molecular weight excluding hydrogens is 374 g/mol. The predicted molar refractivity (Wildman–Crippen MR) is 110 cm³/mol. The molecule has 1 aliphatic rings. The topological polar surface area (TPSA) is 71.5 Å². The average molecular weight is 404 g/mol. The number of aromatic nitrogens is 1. The van der Waals surface area contributed by atoms with Crippen LogP contribution in [0.1, 0.15) is 31.9 Å². The summed E-state index contributed by atoms with van der Waals surface area (Å²) in [5, 5.41) is 0. The van der Waals surface area contributed by atoms with Crippen LogP contribution in [0.25, 0.3) is 0 Å². The highest BCUT2D eigenvalue weighted by molar-refractivity contribution is 7.89. The zero-order valence-electron chi connectivity index (χ0n) is 16.4. The Hall–Kier alpha value is -1.96. The van der Waals surface area contributed by atoms with Gasteiger partial charge < -0.3 is 4.74 Å². The van der Waals surface area contributed by atoms with Crippen molar-refractivity contribution in [2.45, 2.75) is 37.6 Å². The third kappa shape index (κ3) is 6.02. The molecule has 1 saturated heterocycles. The fourth-order valence-corrected chi connectivity index (χ4v) is 4.43. The Labute approximate surface area is 168 Å². The second-order valence-electron chi connectivity index (χ2n) is 7.21. The number of rotatable bonds is 9. The van der Waals surface area contributed by atoms with E-state index in [9.17, 15) is 8.42 Å². The van der Waals surface area contributed by atoms with E-state index in [1.54, 1.807) is 24.3 Å². The predicted octanol–water partition coefficient (Wildman–Crippen LogP) is 3.06. The summed E-state index contributed by atoms with van der Waals surface area (Å²) < 4.78 is 33.3. The minimum Gasteiger partial charge on any atom is -0.494 e. The zero-order valence-corrected chi connectivity index (χ0v) is 17.2. The molecular formula is C21H29N3O3S. The van der Waals surface area contributed by atoms with Crippen LogP contribution in [-0.4, -0.2) is 44.5 Å². The van der Waals surface area contributed by atoms with Crippen molar-refractivity contribution in [2.75, 3.05) is 26.2 Å². The van der Waals surface area contributed by atoms with Crippen LogP contribution in [0.3, 0.4) is 0 Å². The molecule has 0 aliphatic carbocycles. The number of piperidine rings is 1. The molecule has 2 aromatic rings. The van der Waals surface area contributed by atoms with Crippen LogP contribution in [0, 0.1) is 5.92 Å². The highest BCUT2D eigenvalue weighted by Crippen LogP contribution is 2.20. The Kier molecular flexibility index (Phi) is 7.42. The van der Waals surface area contributed by atoms with E-state index in [2.05, 4.69) is 14.6 Å². The second kappa shape index (κ2) is 10.0. The van der Waals surface area contributed by atoms with Crippen LogP contribution in [0.15, 0.2) is 53.6 Å². The molecule has 2 heterocycles. The van der Waals surface area contributed by atoms with Gasteiger partial charge in [0.2, 0.25) is 10.0 Å². The summed E-state index contributed by atoms with van der Waals surface area (Å²) >= 11 is 0. The maximum absolute atomic E-state index is 12.5. The summed E-state index contributed by atoms with van der Waals surface area (Å²) in [5.41, 5.74) is 1.08. The summed E-state index contributed by atoms with van der Waals surface area (Å²) in [6, 6.07) is 12.6. The Balaban J connectivity index is 1.45. The molecule has 1 aliphatic heterocycles. The van der Waals surface area contributed by atoms with E-state index in [4.69, 9.17) is 4.74 Å². The Morgan fingerprint density at radius 2 is 1.89 bits per heavy atom. The van der Waals surface area contributed by atoms with Crippen molar-refractivity contribution in [3.05, 3.63) is 54.4 Å². The lowest BCUT2D eigenvalue weighted by Crippen LogP contribution is -2.38. The molecule has 0 bridgehead atoms. The number of hydrogen-bond donors (Lipinski definition) is 1. The third-order valence-electron chi connectivity index (χ3n) is 4.99. The van der Waals surface area contributed by atoms with Crippen LogP contribution >= 0.6 is 0 Å². The molecule has 0 amide bonds. The van der Waals surface area contributed by atoms with E-state index in [1.165, 1.54) is 0 Å². The van der Waals surface area contributed by atoms with Crippen molar-refractivity contribution in [3.8, 4) is 5.75 Å². The van der Waals surface area contributed by atoms with Gasteiger partial charge in [-0.05, 0) is 74.7 Å². The normalized spacial score (nSPS) is 16.2. The van der Waals surface area contributed by atoms with E-state index >= 15 is 0 Å². The van der Waals surface area contributed by atoms with Crippen LogP contribution in [0.5, 0.6) is 5.75 Å². The largest absolute Gasteiger partial charge is 0.494 e. The number of pyridine rings is 1. The number of nitrogens with one attached hydrogen (secondary N) is 1. The maximum Gasteiger partial charge on any atom is 0.240 e. The van der Waals surface area contributed by atoms with Gasteiger partial charge >= 0.3 is 0 Å². The van der Waals surface area contributed by atoms with Gasteiger partial charge in [0, 0.05) is 19.3 Å². The minimum atomic E-state index is -3.49. The van der Waals surface area contributed by atoms with Gasteiger partial charge in [0.15, 0.2) is 0 Å². The lowest BCUT2D eigenvalue weighted by Gasteiger charge is -2.31. The molecule has 0 unspecified atom stereocenters. The lowest BCUT2D eigenvalue weighted by atomic mass is 9.97. The van der Waals surface area contributed by atoms with Crippen LogP contribution < -0.4 is 9.46 Å². The molecule has 1 N–H and O–H groups in total. The van der Waals surface area contributed by atoms with Crippen LogP contribution in [0.4, 0.5) is 0 Å². The van der Waals surface area contributed by atoms with Crippen molar-refractivity contribution in [1.82, 2.24) is 14.6 Å². The smallest absolute Gasteiger partial charge is 0.240 e. The fourth-order valence-electron chi connectivity index (χ4n) is 3.32. The van der Waals surface area contributed by atoms with E-state index in [1.807, 2.05) is 31.3 Å². The number of hydrogen-bond acceptors (Lipinski definition) is 5. The van der Waals surface area contributed by atoms with Crippen molar-refractivity contribution >= 4 is 10.0 Å². The molecule has 1 fully saturated rings. The van der Waals surface area contributed by atoms with Gasteiger partial charge in [-0.3, -0.25) is 9.88 Å². The Morgan fingerprint density at radius 1 is 1.14 bits per heavy atom. The lowest BCUT2D eigenvalue weighted by molar-refractivity contribution is 0.177. The summed E-state index contributed by atoms with van der Waals surface area (Å²) in [6.07, 6.45) is 4.71. The SMILES string of the molecule is CCCOc1ccc(S(=O)(=O)NCC2CCN(Cc3ccccn3)CC2)cc1. The average Bonchev–Trinajstić information content (AvgIpc) is 2.73. The molecule has 3 rings (SSSR count). The highest BCUT2D eigenvalue weighted by atomic mass is 32.2. The molecule has 28 heavy (non-hydrogen) atoms. The minimum absolute atomic E-state index is 0.281. The third-order valence-corrected chi connectivity index (χ3v) is 6.43. The van der Waals surface area contributed by atoms with E-state index in [-0.39, 0.29) is 4.90 Å². The van der Waals surface area contributed by atoms with E-state index in [0.717, 1.165) is 44.6 Å². The molecule has 0 atom stereocenters. The van der Waals surface area contributed by atoms with Crippen molar-refractivity contribution in [2.24, 2.45) is 5.92 Å². The van der Waals surface area contributed by atoms with Gasteiger partial charge in [0.25, 0.3) is 0 Å². The van der Waals surface area contributed by atoms with E-state index < -0.39 is 10.0 Å². The maximum atomic E-state index is 12.5. The van der Waals surface area contributed by atoms with Crippen LogP contribution in [-0.2, 0) is 16.6 Å². The highest BCUT2D eigenvalue weighted by Gasteiger charge is 2.22. The van der Waals surface area contributed by atoms with Crippen LogP contribution in [0.2, 0.25) is 0 Å². The van der Waals surface area contributed by atoms with Gasteiger partial charge in [0.1, 0.15) is 5.75 Å². The number of nitrogens with zero attached hydrogens (tertiary/aromatic N) is 2. The van der Waals surface area contributed by atoms with Crippen molar-refractivity contribution in [3.63, 3.8) is 0 Å². The summed E-state index contributed by atoms with van der Waals surface area (Å²) in [4.78, 5) is 7.03. The Bertz CT molecular complexity index is 818. The molecule has 7 heteroatoms. The number of ether oxygens (including phenoxy) is 1. The van der Waals surface area contributed by atoms with E-state index in [0.29, 0.717) is 24.8 Å². The molecule has 6 nitrogen and oxygen atoms in total. The van der Waals surface area contributed by atoms with Gasteiger partial charge in [-0.1, -0.05) is 13.0 Å². The molecule has 0 saturated carbocycles. The zero-order chi connectivity index (χ0) is 19.8. The quantitative estimate of drug-likeness (QED) is 0.697. The standard InChI is InChI=1S/C21H29N3O3S/c1-2-15-27-20-6-8-21(9-7-20)28(25,26)23-16-18-10-13-24(14-11-18)17-19-5-3-4-12-22-19/h3-9,12,18,23H,2,10-11,13-17H2,1H3. The first-order valence-corrected chi connectivity index (χ1v) is 11.4. The first-order chi connectivity index (χ1) is 13.6. The van der Waals surface area contributed by atoms with Gasteiger partial charge in [-0.25, -0.2) is 13.1 Å². The molecule has 152 valence electrons. The van der Waals surface area contributed by atoms with Crippen molar-refractivity contribution < 1.29 is 13.2 Å². The number of benzene rings is 1. The number of likely N-dealkylation sites (tertiary alicyclic amines) is 1. The van der Waals surface area contributed by atoms with Gasteiger partial charge in [0.05, 0.1) is 17.2 Å². The van der Waals surface area contributed by atoms with Crippen molar-refractivity contribution in [1.29, 1.82) is 0 Å². The number of sulfonamides is 1. The molecule has 0 radical (unpaired) electrons. The van der Waals surface area contributed by atoms with Gasteiger partial charge in [-0.2, -0.15) is 0 Å². The summed E-state index contributed by atoms with van der Waals surface area (Å²) in [7, 11) is -3.49. The van der Waals surface area contributed by atoms with Gasteiger partial charge in [-0.15, -0.1) is 0 Å². The molecule has 0 spiro atoms. The molecule has 1 aromatic carbocycles. The fraction of sp³-hybridized carbons (Fsp3) is 0.476. The monoisotopic (exact) mass is 403 g/mol. The summed E-state index contributed by atoms with van der Waals surface area (Å²) in [6.45, 7) is 5.92. The summed E-state index contributed by atoms with van der Waals surface area (Å²) in [5.74, 6) is 1.06.